The van der Waals surface area contributed by atoms with E-state index >= 15 is 0 Å². The van der Waals surface area contributed by atoms with E-state index in [0.717, 1.165) is 37.0 Å². The van der Waals surface area contributed by atoms with Gasteiger partial charge in [0.25, 0.3) is 0 Å². The maximum absolute atomic E-state index is 13.5. The largest absolute Gasteiger partial charge is 0.490 e. The molecule has 1 fully saturated rings. The number of nitrogens with one attached hydrogen (secondary N) is 2. The summed E-state index contributed by atoms with van der Waals surface area (Å²) in [5, 5.41) is 5.77. The standard InChI is InChI=1S/C33H44FN3O4/c1-6-22(3)41-30-13-9-8-11-26(30)12-10-20-35-32(39)29(21-24-14-18-27(34)19-15-24)36-31(38)23(4)37(5)33(40)28(7-2)25-16-17-25/h7-9,11,13-15,18-19,22-23,25,28-29H,2,6,10,12,16-17,20-21H2,1,3-5H3,(H,35,39)(H,36,38)/t22-,23+,28-,29+/m0/s1. The average Bonchev–Trinajstić information content (AvgIpc) is 3.81. The first kappa shape index (κ1) is 31.8. The number of hydrogen-bond donors (Lipinski definition) is 2. The van der Waals surface area contributed by atoms with Crippen molar-refractivity contribution < 1.29 is 23.5 Å². The molecular formula is C33H44FN3O4. The van der Waals surface area contributed by atoms with Crippen molar-refractivity contribution in [3.05, 3.63) is 78.1 Å². The number of para-hydroxylation sites is 1. The smallest absolute Gasteiger partial charge is 0.243 e. The third kappa shape index (κ3) is 9.44. The molecular weight excluding hydrogens is 521 g/mol. The predicted molar refractivity (Wildman–Crippen MR) is 159 cm³/mol. The fraction of sp³-hybridized carbons (Fsp3) is 0.485. The minimum Gasteiger partial charge on any atom is -0.490 e. The number of ether oxygens (including phenoxy) is 1. The second kappa shape index (κ2) is 15.4. The summed E-state index contributed by atoms with van der Waals surface area (Å²) < 4.78 is 19.5. The van der Waals surface area contributed by atoms with Crippen LogP contribution in [-0.4, -0.2) is 54.4 Å². The van der Waals surface area contributed by atoms with E-state index in [1.165, 1.54) is 17.0 Å². The zero-order valence-electron chi connectivity index (χ0n) is 24.7. The van der Waals surface area contributed by atoms with Gasteiger partial charge < -0.3 is 20.3 Å². The summed E-state index contributed by atoms with van der Waals surface area (Å²) in [5.74, 6) is -0.479. The first-order valence-electron chi connectivity index (χ1n) is 14.6. The molecule has 0 unspecified atom stereocenters. The highest BCUT2D eigenvalue weighted by Gasteiger charge is 2.37. The van der Waals surface area contributed by atoms with Gasteiger partial charge in [-0.05, 0) is 81.2 Å². The zero-order valence-corrected chi connectivity index (χ0v) is 24.7. The highest BCUT2D eigenvalue weighted by molar-refractivity contribution is 5.92. The van der Waals surface area contributed by atoms with Crippen molar-refractivity contribution in [1.82, 2.24) is 15.5 Å². The molecule has 1 aliphatic carbocycles. The minimum atomic E-state index is -0.890. The third-order valence-corrected chi connectivity index (χ3v) is 7.76. The average molecular weight is 566 g/mol. The van der Waals surface area contributed by atoms with E-state index in [2.05, 4.69) is 24.1 Å². The van der Waals surface area contributed by atoms with E-state index in [9.17, 15) is 18.8 Å². The fourth-order valence-corrected chi connectivity index (χ4v) is 4.65. The highest BCUT2D eigenvalue weighted by atomic mass is 19.1. The number of rotatable bonds is 16. The second-order valence-electron chi connectivity index (χ2n) is 11.0. The molecule has 3 rings (SSSR count). The van der Waals surface area contributed by atoms with Gasteiger partial charge in [-0.2, -0.15) is 0 Å². The maximum Gasteiger partial charge on any atom is 0.243 e. The Balaban J connectivity index is 1.62. The number of aryl methyl sites for hydroxylation is 1. The third-order valence-electron chi connectivity index (χ3n) is 7.76. The summed E-state index contributed by atoms with van der Waals surface area (Å²) in [6, 6.07) is 12.1. The Morgan fingerprint density at radius 3 is 2.41 bits per heavy atom. The molecule has 0 radical (unpaired) electrons. The SMILES string of the molecule is C=C[C@H](C(=O)N(C)[C@H](C)C(=O)N[C@H](Cc1ccc(F)cc1)C(=O)NCCCc1ccccc1O[C@@H](C)CC)C1CC1. The molecule has 8 heteroatoms. The lowest BCUT2D eigenvalue weighted by Crippen LogP contribution is -2.54. The van der Waals surface area contributed by atoms with Gasteiger partial charge in [0, 0.05) is 20.0 Å². The molecule has 41 heavy (non-hydrogen) atoms. The minimum absolute atomic E-state index is 0.111. The molecule has 3 amide bonds. The summed E-state index contributed by atoms with van der Waals surface area (Å²) in [6.07, 6.45) is 6.22. The van der Waals surface area contributed by atoms with Crippen LogP contribution in [0.25, 0.3) is 0 Å². The predicted octanol–water partition coefficient (Wildman–Crippen LogP) is 4.84. The van der Waals surface area contributed by atoms with Gasteiger partial charge in [-0.3, -0.25) is 14.4 Å². The Morgan fingerprint density at radius 2 is 1.78 bits per heavy atom. The quantitative estimate of drug-likeness (QED) is 0.225. The van der Waals surface area contributed by atoms with Crippen molar-refractivity contribution in [2.24, 2.45) is 11.8 Å². The molecule has 4 atom stereocenters. The Labute approximate surface area is 243 Å². The van der Waals surface area contributed by atoms with Gasteiger partial charge in [0.05, 0.1) is 12.0 Å². The number of hydrogen-bond acceptors (Lipinski definition) is 4. The first-order chi connectivity index (χ1) is 19.6. The lowest BCUT2D eigenvalue weighted by Gasteiger charge is -2.29. The summed E-state index contributed by atoms with van der Waals surface area (Å²) in [6.45, 7) is 9.96. The van der Waals surface area contributed by atoms with Gasteiger partial charge in [-0.1, -0.05) is 43.3 Å². The van der Waals surface area contributed by atoms with Crippen LogP contribution in [0.4, 0.5) is 4.39 Å². The molecule has 0 saturated heterocycles. The number of carbonyl (C=O) groups excluding carboxylic acids is 3. The molecule has 0 aromatic heterocycles. The van der Waals surface area contributed by atoms with Gasteiger partial charge in [0.2, 0.25) is 17.7 Å². The van der Waals surface area contributed by atoms with Gasteiger partial charge >= 0.3 is 0 Å². The molecule has 0 heterocycles. The Morgan fingerprint density at radius 1 is 1.10 bits per heavy atom. The van der Waals surface area contributed by atoms with E-state index in [1.807, 2.05) is 31.2 Å². The molecule has 2 aromatic rings. The lowest BCUT2D eigenvalue weighted by molar-refractivity contribution is -0.141. The Bertz CT molecular complexity index is 1180. The molecule has 2 N–H and O–H groups in total. The van der Waals surface area contributed by atoms with Gasteiger partial charge in [-0.15, -0.1) is 6.58 Å². The van der Waals surface area contributed by atoms with Crippen molar-refractivity contribution in [2.75, 3.05) is 13.6 Å². The Hall–Kier alpha value is -3.68. The number of amides is 3. The number of halogens is 1. The van der Waals surface area contributed by atoms with Gasteiger partial charge in [-0.25, -0.2) is 4.39 Å². The van der Waals surface area contributed by atoms with Gasteiger partial charge in [0.15, 0.2) is 0 Å². The van der Waals surface area contributed by atoms with Crippen LogP contribution in [-0.2, 0) is 27.2 Å². The van der Waals surface area contributed by atoms with E-state index in [-0.39, 0.29) is 42.0 Å². The number of likely N-dealkylation sites (N-methyl/N-ethyl adjacent to an activating group) is 1. The Kier molecular flexibility index (Phi) is 11.9. The molecule has 0 bridgehead atoms. The van der Waals surface area contributed by atoms with Gasteiger partial charge in [0.1, 0.15) is 23.7 Å². The van der Waals surface area contributed by atoms with Crippen LogP contribution in [0.2, 0.25) is 0 Å². The first-order valence-corrected chi connectivity index (χ1v) is 14.6. The van der Waals surface area contributed by atoms with Crippen LogP contribution in [0.15, 0.2) is 61.2 Å². The maximum atomic E-state index is 13.5. The summed E-state index contributed by atoms with van der Waals surface area (Å²) in [4.78, 5) is 40.9. The normalized spacial score (nSPS) is 15.6. The van der Waals surface area contributed by atoms with Crippen LogP contribution in [0.3, 0.4) is 0 Å². The van der Waals surface area contributed by atoms with Crippen LogP contribution in [0, 0.1) is 17.7 Å². The monoisotopic (exact) mass is 565 g/mol. The second-order valence-corrected chi connectivity index (χ2v) is 11.0. The summed E-state index contributed by atoms with van der Waals surface area (Å²) >= 11 is 0. The number of benzene rings is 2. The molecule has 7 nitrogen and oxygen atoms in total. The van der Waals surface area contributed by atoms with E-state index in [4.69, 9.17) is 4.74 Å². The molecule has 1 aliphatic rings. The molecule has 222 valence electrons. The van der Waals surface area contributed by atoms with Crippen molar-refractivity contribution in [2.45, 2.75) is 77.5 Å². The lowest BCUT2D eigenvalue weighted by atomic mass is 10.0. The van der Waals surface area contributed by atoms with Crippen LogP contribution in [0.1, 0.15) is 57.6 Å². The van der Waals surface area contributed by atoms with Crippen molar-refractivity contribution in [1.29, 1.82) is 0 Å². The topological polar surface area (TPSA) is 87.7 Å². The summed E-state index contributed by atoms with van der Waals surface area (Å²) in [7, 11) is 1.60. The number of nitrogens with zero attached hydrogens (tertiary/aromatic N) is 1. The van der Waals surface area contributed by atoms with E-state index < -0.39 is 18.0 Å². The molecule has 1 saturated carbocycles. The summed E-state index contributed by atoms with van der Waals surface area (Å²) in [5.41, 5.74) is 1.78. The van der Waals surface area contributed by atoms with Crippen LogP contribution >= 0.6 is 0 Å². The van der Waals surface area contributed by atoms with Crippen molar-refractivity contribution in [3.8, 4) is 5.75 Å². The molecule has 0 aliphatic heterocycles. The van der Waals surface area contributed by atoms with E-state index in [1.54, 1.807) is 32.2 Å². The van der Waals surface area contributed by atoms with Crippen LogP contribution < -0.4 is 15.4 Å². The molecule has 2 aromatic carbocycles. The van der Waals surface area contributed by atoms with Crippen molar-refractivity contribution >= 4 is 17.7 Å². The van der Waals surface area contributed by atoms with E-state index in [0.29, 0.717) is 18.5 Å². The number of carbonyl (C=O) groups is 3. The fourth-order valence-electron chi connectivity index (χ4n) is 4.65. The molecule has 0 spiro atoms. The zero-order chi connectivity index (χ0) is 29.9. The van der Waals surface area contributed by atoms with Crippen molar-refractivity contribution in [3.63, 3.8) is 0 Å². The highest BCUT2D eigenvalue weighted by Crippen LogP contribution is 2.38. The van der Waals surface area contributed by atoms with Crippen LogP contribution in [0.5, 0.6) is 5.75 Å².